The maximum absolute atomic E-state index is 11.0. The highest BCUT2D eigenvalue weighted by atomic mass is 35.5. The van der Waals surface area contributed by atoms with Crippen molar-refractivity contribution in [3.63, 3.8) is 0 Å². The number of nitro groups is 1. The van der Waals surface area contributed by atoms with Crippen LogP contribution in [-0.2, 0) is 11.3 Å². The summed E-state index contributed by atoms with van der Waals surface area (Å²) < 4.78 is 5.49. The number of nitro benzene ring substituents is 1. The van der Waals surface area contributed by atoms with E-state index in [1.807, 2.05) is 0 Å². The van der Waals surface area contributed by atoms with Gasteiger partial charge in [0.25, 0.3) is 5.69 Å². The molecule has 0 saturated heterocycles. The molecule has 1 aliphatic rings. The first kappa shape index (κ1) is 14.2. The van der Waals surface area contributed by atoms with E-state index in [1.54, 1.807) is 19.2 Å². The largest absolute Gasteiger partial charge is 0.377 e. The zero-order valence-corrected chi connectivity index (χ0v) is 11.6. The lowest BCUT2D eigenvalue weighted by Gasteiger charge is -2.40. The summed E-state index contributed by atoms with van der Waals surface area (Å²) in [4.78, 5) is 10.5. The first-order valence-electron chi connectivity index (χ1n) is 6.25. The standard InChI is InChI=1S/C13H17ClN2O3/c1-19-13(5-2-6-13)9-15-8-10-3-4-11(14)7-12(10)16(17)18/h3-4,7,15H,2,5-6,8-9H2,1H3. The molecule has 19 heavy (non-hydrogen) atoms. The lowest BCUT2D eigenvalue weighted by atomic mass is 9.80. The predicted octanol–water partition coefficient (Wildman–Crippen LogP) is 2.91. The van der Waals surface area contributed by atoms with Gasteiger partial charge in [-0.1, -0.05) is 11.6 Å². The number of halogens is 1. The van der Waals surface area contributed by atoms with Gasteiger partial charge in [0.05, 0.1) is 10.5 Å². The molecule has 0 atom stereocenters. The minimum absolute atomic E-state index is 0.0556. The van der Waals surface area contributed by atoms with Crippen LogP contribution in [0.2, 0.25) is 5.02 Å². The van der Waals surface area contributed by atoms with Crippen molar-refractivity contribution in [1.29, 1.82) is 0 Å². The first-order valence-corrected chi connectivity index (χ1v) is 6.63. The molecular formula is C13H17ClN2O3. The number of hydrogen-bond donors (Lipinski definition) is 1. The summed E-state index contributed by atoms with van der Waals surface area (Å²) in [6.07, 6.45) is 3.26. The Hall–Kier alpha value is -1.17. The van der Waals surface area contributed by atoms with Gasteiger partial charge in [-0.25, -0.2) is 0 Å². The van der Waals surface area contributed by atoms with Crippen molar-refractivity contribution >= 4 is 17.3 Å². The normalized spacial score (nSPS) is 16.9. The Balaban J connectivity index is 1.97. The molecule has 1 fully saturated rings. The predicted molar refractivity (Wildman–Crippen MR) is 73.4 cm³/mol. The van der Waals surface area contributed by atoms with Crippen LogP contribution in [0.3, 0.4) is 0 Å². The third kappa shape index (κ3) is 3.23. The average Bonchev–Trinajstić information content (AvgIpc) is 2.34. The Morgan fingerprint density at radius 1 is 1.53 bits per heavy atom. The van der Waals surface area contributed by atoms with Crippen LogP contribution in [0, 0.1) is 10.1 Å². The number of benzene rings is 1. The highest BCUT2D eigenvalue weighted by Crippen LogP contribution is 2.34. The fraction of sp³-hybridized carbons (Fsp3) is 0.538. The summed E-state index contributed by atoms with van der Waals surface area (Å²) in [5, 5.41) is 14.6. The van der Waals surface area contributed by atoms with E-state index in [1.165, 1.54) is 12.5 Å². The van der Waals surface area contributed by atoms with Gasteiger partial charge in [-0.3, -0.25) is 10.1 Å². The monoisotopic (exact) mass is 284 g/mol. The van der Waals surface area contributed by atoms with E-state index < -0.39 is 4.92 Å². The molecular weight excluding hydrogens is 268 g/mol. The summed E-state index contributed by atoms with van der Waals surface area (Å²) in [7, 11) is 1.71. The average molecular weight is 285 g/mol. The van der Waals surface area contributed by atoms with Gasteiger partial charge < -0.3 is 10.1 Å². The minimum atomic E-state index is -0.404. The molecule has 0 bridgehead atoms. The molecule has 1 aliphatic carbocycles. The molecule has 1 aromatic carbocycles. The lowest BCUT2D eigenvalue weighted by Crippen LogP contribution is -2.47. The molecule has 0 aliphatic heterocycles. The molecule has 2 rings (SSSR count). The summed E-state index contributed by atoms with van der Waals surface area (Å²) >= 11 is 5.78. The summed E-state index contributed by atoms with van der Waals surface area (Å²) in [6, 6.07) is 4.74. The van der Waals surface area contributed by atoms with Crippen LogP contribution < -0.4 is 5.32 Å². The summed E-state index contributed by atoms with van der Waals surface area (Å²) in [5.74, 6) is 0. The Kier molecular flexibility index (Phi) is 4.39. The Morgan fingerprint density at radius 2 is 2.26 bits per heavy atom. The second-order valence-electron chi connectivity index (χ2n) is 4.87. The number of nitrogens with zero attached hydrogens (tertiary/aromatic N) is 1. The van der Waals surface area contributed by atoms with Gasteiger partial charge in [0.1, 0.15) is 0 Å². The maximum atomic E-state index is 11.0. The van der Waals surface area contributed by atoms with Gasteiger partial charge in [0.15, 0.2) is 0 Å². The van der Waals surface area contributed by atoms with Crippen molar-refractivity contribution < 1.29 is 9.66 Å². The van der Waals surface area contributed by atoms with Gasteiger partial charge >= 0.3 is 0 Å². The van der Waals surface area contributed by atoms with E-state index in [2.05, 4.69) is 5.32 Å². The van der Waals surface area contributed by atoms with Crippen molar-refractivity contribution in [1.82, 2.24) is 5.32 Å². The Labute approximate surface area is 117 Å². The number of rotatable bonds is 6. The molecule has 0 heterocycles. The van der Waals surface area contributed by atoms with Crippen molar-refractivity contribution in [2.24, 2.45) is 0 Å². The second-order valence-corrected chi connectivity index (χ2v) is 5.31. The van der Waals surface area contributed by atoms with E-state index in [0.29, 0.717) is 23.7 Å². The molecule has 0 aromatic heterocycles. The Morgan fingerprint density at radius 3 is 2.79 bits per heavy atom. The van der Waals surface area contributed by atoms with Crippen LogP contribution in [0.15, 0.2) is 18.2 Å². The third-order valence-electron chi connectivity index (χ3n) is 3.70. The van der Waals surface area contributed by atoms with Crippen molar-refractivity contribution in [2.75, 3.05) is 13.7 Å². The lowest BCUT2D eigenvalue weighted by molar-refractivity contribution is -0.385. The van der Waals surface area contributed by atoms with E-state index in [9.17, 15) is 10.1 Å². The van der Waals surface area contributed by atoms with Crippen LogP contribution in [0.5, 0.6) is 0 Å². The van der Waals surface area contributed by atoms with Crippen molar-refractivity contribution in [3.05, 3.63) is 38.9 Å². The van der Waals surface area contributed by atoms with Gasteiger partial charge in [-0.15, -0.1) is 0 Å². The van der Waals surface area contributed by atoms with Crippen molar-refractivity contribution in [3.8, 4) is 0 Å². The van der Waals surface area contributed by atoms with Crippen LogP contribution in [-0.4, -0.2) is 24.2 Å². The zero-order chi connectivity index (χ0) is 13.9. The number of ether oxygens (including phenoxy) is 1. The van der Waals surface area contributed by atoms with Crippen molar-refractivity contribution in [2.45, 2.75) is 31.4 Å². The molecule has 1 aromatic rings. The highest BCUT2D eigenvalue weighted by Gasteiger charge is 2.36. The number of methoxy groups -OCH3 is 1. The van der Waals surface area contributed by atoms with Gasteiger partial charge in [-0.2, -0.15) is 0 Å². The van der Waals surface area contributed by atoms with Gasteiger partial charge in [-0.05, 0) is 31.4 Å². The molecule has 0 spiro atoms. The SMILES string of the molecule is COC1(CNCc2ccc(Cl)cc2[N+](=O)[O-])CCC1. The molecule has 1 N–H and O–H groups in total. The molecule has 6 heteroatoms. The van der Waals surface area contributed by atoms with E-state index >= 15 is 0 Å². The van der Waals surface area contributed by atoms with Crippen LogP contribution in [0.4, 0.5) is 5.69 Å². The topological polar surface area (TPSA) is 64.4 Å². The second kappa shape index (κ2) is 5.86. The van der Waals surface area contributed by atoms with Crippen LogP contribution >= 0.6 is 11.6 Å². The molecule has 0 radical (unpaired) electrons. The summed E-state index contributed by atoms with van der Waals surface area (Å²) in [5.41, 5.74) is 0.612. The molecule has 104 valence electrons. The minimum Gasteiger partial charge on any atom is -0.377 e. The van der Waals surface area contributed by atoms with Crippen LogP contribution in [0.25, 0.3) is 0 Å². The van der Waals surface area contributed by atoms with E-state index in [0.717, 1.165) is 12.8 Å². The number of nitrogens with one attached hydrogen (secondary N) is 1. The maximum Gasteiger partial charge on any atom is 0.275 e. The Bertz CT molecular complexity index is 469. The van der Waals surface area contributed by atoms with Gasteiger partial charge in [0.2, 0.25) is 0 Å². The molecule has 1 saturated carbocycles. The molecule has 0 unspecified atom stereocenters. The fourth-order valence-electron chi connectivity index (χ4n) is 2.31. The fourth-order valence-corrected chi connectivity index (χ4v) is 2.47. The summed E-state index contributed by atoms with van der Waals surface area (Å²) in [6.45, 7) is 1.15. The van der Waals surface area contributed by atoms with E-state index in [4.69, 9.17) is 16.3 Å². The zero-order valence-electron chi connectivity index (χ0n) is 10.8. The third-order valence-corrected chi connectivity index (χ3v) is 3.94. The quantitative estimate of drug-likeness (QED) is 0.644. The molecule has 5 nitrogen and oxygen atoms in total. The first-order chi connectivity index (χ1) is 9.06. The van der Waals surface area contributed by atoms with Crippen LogP contribution in [0.1, 0.15) is 24.8 Å². The number of hydrogen-bond acceptors (Lipinski definition) is 4. The van der Waals surface area contributed by atoms with Gasteiger partial charge in [0, 0.05) is 36.9 Å². The highest BCUT2D eigenvalue weighted by molar-refractivity contribution is 6.30. The molecule has 0 amide bonds. The smallest absolute Gasteiger partial charge is 0.275 e. The van der Waals surface area contributed by atoms with E-state index in [-0.39, 0.29) is 11.3 Å².